The van der Waals surface area contributed by atoms with Gasteiger partial charge in [0.2, 0.25) is 11.8 Å². The lowest BCUT2D eigenvalue weighted by atomic mass is 9.94. The Morgan fingerprint density at radius 3 is 2.61 bits per heavy atom. The van der Waals surface area contributed by atoms with Crippen LogP contribution in [0.2, 0.25) is 0 Å². The first kappa shape index (κ1) is 29.1. The van der Waals surface area contributed by atoms with Crippen LogP contribution in [0.4, 0.5) is 0 Å². The molecule has 0 bridgehead atoms. The standard InChI is InChI=1S/C31H43N5O5/c1-22(12-18-40-4)33-13-10-23(11-14-33)34-15-16-35(31(2,3)21-34)17-19-41-27-7-5-6-24-25(27)20-36(30(24)39)26-8-9-28(37)32-29(26)38/h5-7,12,18,23,26H,1,8-11,13-17,19-21H2,2-4H3,(H,32,37,38)/b18-12+. The third-order valence-electron chi connectivity index (χ3n) is 9.04. The number of hydrogen-bond acceptors (Lipinski definition) is 8. The van der Waals surface area contributed by atoms with Gasteiger partial charge in [-0.2, -0.15) is 0 Å². The average Bonchev–Trinajstić information content (AvgIpc) is 3.29. The molecule has 3 amide bonds. The molecule has 1 aromatic rings. The van der Waals surface area contributed by atoms with E-state index in [4.69, 9.17) is 9.47 Å². The third kappa shape index (κ3) is 6.28. The van der Waals surface area contributed by atoms with E-state index >= 15 is 0 Å². The molecule has 222 valence electrons. The van der Waals surface area contributed by atoms with Gasteiger partial charge in [0.1, 0.15) is 18.4 Å². The fourth-order valence-electron chi connectivity index (χ4n) is 6.68. The Hall–Kier alpha value is -3.37. The fourth-order valence-corrected chi connectivity index (χ4v) is 6.68. The van der Waals surface area contributed by atoms with E-state index in [-0.39, 0.29) is 23.8 Å². The summed E-state index contributed by atoms with van der Waals surface area (Å²) in [5.74, 6) is -0.178. The smallest absolute Gasteiger partial charge is 0.255 e. The first-order valence-electron chi connectivity index (χ1n) is 14.7. The molecule has 4 aliphatic rings. The van der Waals surface area contributed by atoms with Gasteiger partial charge in [0.05, 0.1) is 19.9 Å². The summed E-state index contributed by atoms with van der Waals surface area (Å²) < 4.78 is 11.3. The highest BCUT2D eigenvalue weighted by molar-refractivity contribution is 6.05. The molecule has 10 heteroatoms. The van der Waals surface area contributed by atoms with E-state index in [0.29, 0.717) is 36.9 Å². The summed E-state index contributed by atoms with van der Waals surface area (Å²) in [6.45, 7) is 15.5. The van der Waals surface area contributed by atoms with E-state index in [1.54, 1.807) is 24.3 Å². The minimum absolute atomic E-state index is 0.0146. The van der Waals surface area contributed by atoms with Gasteiger partial charge in [-0.05, 0) is 51.3 Å². The second-order valence-corrected chi connectivity index (χ2v) is 12.0. The van der Waals surface area contributed by atoms with Gasteiger partial charge in [-0.3, -0.25) is 29.5 Å². The van der Waals surface area contributed by atoms with Crippen molar-refractivity contribution in [2.45, 2.75) is 63.7 Å². The molecule has 0 radical (unpaired) electrons. The zero-order valence-corrected chi connectivity index (χ0v) is 24.6. The highest BCUT2D eigenvalue weighted by Gasteiger charge is 2.41. The third-order valence-corrected chi connectivity index (χ3v) is 9.04. The minimum Gasteiger partial charge on any atom is -0.504 e. The Labute approximate surface area is 242 Å². The summed E-state index contributed by atoms with van der Waals surface area (Å²) in [7, 11) is 1.65. The maximum Gasteiger partial charge on any atom is 0.255 e. The normalized spacial score (nSPS) is 24.1. The van der Waals surface area contributed by atoms with Crippen molar-refractivity contribution in [3.8, 4) is 5.75 Å². The van der Waals surface area contributed by atoms with E-state index in [0.717, 1.165) is 63.4 Å². The van der Waals surface area contributed by atoms with Crippen LogP contribution in [0.1, 0.15) is 55.5 Å². The molecule has 3 fully saturated rings. The number of likely N-dealkylation sites (tertiary alicyclic amines) is 1. The van der Waals surface area contributed by atoms with Crippen molar-refractivity contribution in [2.24, 2.45) is 0 Å². The Bertz CT molecular complexity index is 1210. The van der Waals surface area contributed by atoms with E-state index in [1.807, 2.05) is 18.2 Å². The number of carbonyl (C=O) groups excluding carboxylic acids is 3. The molecule has 5 rings (SSSR count). The number of rotatable bonds is 9. The number of ether oxygens (including phenoxy) is 2. The number of amides is 3. The van der Waals surface area contributed by atoms with Crippen LogP contribution in [-0.4, -0.2) is 108 Å². The molecule has 1 aromatic carbocycles. The topological polar surface area (TPSA) is 94.7 Å². The van der Waals surface area contributed by atoms with Crippen LogP contribution in [0.15, 0.2) is 42.8 Å². The van der Waals surface area contributed by atoms with Crippen LogP contribution < -0.4 is 10.1 Å². The molecular formula is C31H43N5O5. The van der Waals surface area contributed by atoms with Crippen LogP contribution in [0.3, 0.4) is 0 Å². The van der Waals surface area contributed by atoms with Gasteiger partial charge in [0.25, 0.3) is 5.91 Å². The van der Waals surface area contributed by atoms with Crippen molar-refractivity contribution in [1.82, 2.24) is 24.9 Å². The van der Waals surface area contributed by atoms with E-state index in [2.05, 4.69) is 40.4 Å². The molecule has 4 heterocycles. The van der Waals surface area contributed by atoms with E-state index in [1.165, 1.54) is 0 Å². The van der Waals surface area contributed by atoms with Crippen LogP contribution in [0, 0.1) is 0 Å². The number of piperidine rings is 2. The Balaban J connectivity index is 1.12. The number of nitrogens with zero attached hydrogens (tertiary/aromatic N) is 4. The monoisotopic (exact) mass is 565 g/mol. The predicted molar refractivity (Wildman–Crippen MR) is 155 cm³/mol. The summed E-state index contributed by atoms with van der Waals surface area (Å²) >= 11 is 0. The molecule has 10 nitrogen and oxygen atoms in total. The number of carbonyl (C=O) groups is 3. The molecule has 1 N–H and O–H groups in total. The zero-order valence-electron chi connectivity index (χ0n) is 24.6. The minimum atomic E-state index is -0.629. The van der Waals surface area contributed by atoms with Crippen molar-refractivity contribution in [2.75, 3.05) is 53.0 Å². The van der Waals surface area contributed by atoms with Crippen molar-refractivity contribution in [1.29, 1.82) is 0 Å². The first-order valence-corrected chi connectivity index (χ1v) is 14.7. The first-order chi connectivity index (χ1) is 19.7. The lowest BCUT2D eigenvalue weighted by Gasteiger charge is -2.50. The number of methoxy groups -OCH3 is 1. The Morgan fingerprint density at radius 1 is 1.12 bits per heavy atom. The summed E-state index contributed by atoms with van der Waals surface area (Å²) in [5.41, 5.74) is 2.41. The largest absolute Gasteiger partial charge is 0.504 e. The highest BCUT2D eigenvalue weighted by atomic mass is 16.5. The number of allylic oxidation sites excluding steroid dienone is 1. The molecular weight excluding hydrogens is 522 g/mol. The quantitative estimate of drug-likeness (QED) is 0.277. The molecule has 3 saturated heterocycles. The van der Waals surface area contributed by atoms with E-state index < -0.39 is 11.9 Å². The Morgan fingerprint density at radius 2 is 1.90 bits per heavy atom. The van der Waals surface area contributed by atoms with Gasteiger partial charge < -0.3 is 19.3 Å². The van der Waals surface area contributed by atoms with Crippen molar-refractivity contribution >= 4 is 17.7 Å². The molecule has 41 heavy (non-hydrogen) atoms. The maximum absolute atomic E-state index is 13.1. The van der Waals surface area contributed by atoms with Gasteiger partial charge >= 0.3 is 0 Å². The predicted octanol–water partition coefficient (Wildman–Crippen LogP) is 2.36. The van der Waals surface area contributed by atoms with Crippen LogP contribution >= 0.6 is 0 Å². The average molecular weight is 566 g/mol. The lowest BCUT2D eigenvalue weighted by molar-refractivity contribution is -0.136. The van der Waals surface area contributed by atoms with Gasteiger partial charge in [-0.25, -0.2) is 0 Å². The summed E-state index contributed by atoms with van der Waals surface area (Å²) in [6.07, 6.45) is 6.46. The molecule has 0 saturated carbocycles. The molecule has 4 aliphatic heterocycles. The summed E-state index contributed by atoms with van der Waals surface area (Å²) in [4.78, 5) is 46.1. The van der Waals surface area contributed by atoms with Gasteiger partial charge in [0.15, 0.2) is 0 Å². The van der Waals surface area contributed by atoms with Crippen LogP contribution in [-0.2, 0) is 20.9 Å². The second kappa shape index (κ2) is 12.2. The lowest BCUT2D eigenvalue weighted by Crippen LogP contribution is -2.62. The van der Waals surface area contributed by atoms with Gasteiger partial charge in [0, 0.05) is 74.1 Å². The number of fused-ring (bicyclic) bond motifs is 1. The van der Waals surface area contributed by atoms with Crippen LogP contribution in [0.25, 0.3) is 0 Å². The van der Waals surface area contributed by atoms with E-state index in [9.17, 15) is 14.4 Å². The van der Waals surface area contributed by atoms with Crippen molar-refractivity contribution in [3.05, 3.63) is 53.9 Å². The molecule has 0 aliphatic carbocycles. The van der Waals surface area contributed by atoms with Gasteiger partial charge in [-0.15, -0.1) is 0 Å². The number of hydrogen-bond donors (Lipinski definition) is 1. The molecule has 0 spiro atoms. The van der Waals surface area contributed by atoms with Crippen LogP contribution in [0.5, 0.6) is 5.75 Å². The number of piperazine rings is 1. The SMILES string of the molecule is C=C(/C=C/OC)N1CCC(N2CCN(CCOc3cccc4c3CN(C3CCC(=O)NC3=O)C4=O)C(C)(C)C2)CC1. The molecule has 1 unspecified atom stereocenters. The van der Waals surface area contributed by atoms with Crippen molar-refractivity contribution in [3.63, 3.8) is 0 Å². The summed E-state index contributed by atoms with van der Waals surface area (Å²) in [5, 5.41) is 2.36. The molecule has 1 atom stereocenters. The fraction of sp³-hybridized carbons (Fsp3) is 0.581. The number of imide groups is 1. The number of benzene rings is 1. The summed E-state index contributed by atoms with van der Waals surface area (Å²) in [6, 6.07) is 5.47. The second-order valence-electron chi connectivity index (χ2n) is 12.0. The maximum atomic E-state index is 13.1. The van der Waals surface area contributed by atoms with Gasteiger partial charge in [-0.1, -0.05) is 12.6 Å². The van der Waals surface area contributed by atoms with Crippen molar-refractivity contribution < 1.29 is 23.9 Å². The number of nitrogens with one attached hydrogen (secondary N) is 1. The highest BCUT2D eigenvalue weighted by Crippen LogP contribution is 2.34. The zero-order chi connectivity index (χ0) is 29.1. The Kier molecular flexibility index (Phi) is 8.70. The molecule has 0 aromatic heterocycles.